The van der Waals surface area contributed by atoms with Gasteiger partial charge in [0.05, 0.1) is 11.3 Å². The quantitative estimate of drug-likeness (QED) is 0.549. The number of piperidine rings is 1. The SMILES string of the molecule is CNC1CCN(c2nc(NCCS(=O)(=O)NC3CCCC3)c3cc(C#N)cn3n2)CC1. The number of rotatable bonds is 8. The summed E-state index contributed by atoms with van der Waals surface area (Å²) in [6.45, 7) is 1.90. The number of hydrogen-bond donors (Lipinski definition) is 3. The third-order valence-corrected chi connectivity index (χ3v) is 7.57. The van der Waals surface area contributed by atoms with E-state index in [1.165, 1.54) is 0 Å². The summed E-state index contributed by atoms with van der Waals surface area (Å²) in [6, 6.07) is 4.40. The Morgan fingerprint density at radius 2 is 1.94 bits per heavy atom. The van der Waals surface area contributed by atoms with Crippen LogP contribution in [0.2, 0.25) is 0 Å². The largest absolute Gasteiger partial charge is 0.367 e. The highest BCUT2D eigenvalue weighted by atomic mass is 32.2. The van der Waals surface area contributed by atoms with Crippen LogP contribution in [0.1, 0.15) is 44.1 Å². The molecule has 1 saturated carbocycles. The summed E-state index contributed by atoms with van der Waals surface area (Å²) < 4.78 is 29.3. The van der Waals surface area contributed by atoms with Crippen LogP contribution in [-0.2, 0) is 10.0 Å². The first-order valence-electron chi connectivity index (χ1n) is 10.9. The molecular weight excluding hydrogens is 416 g/mol. The average Bonchev–Trinajstić information content (AvgIpc) is 3.42. The third kappa shape index (κ3) is 5.26. The molecule has 0 aromatic carbocycles. The molecule has 11 heteroatoms. The van der Waals surface area contributed by atoms with Gasteiger partial charge in [-0.05, 0) is 38.8 Å². The lowest BCUT2D eigenvalue weighted by Gasteiger charge is -2.31. The molecule has 31 heavy (non-hydrogen) atoms. The van der Waals surface area contributed by atoms with Gasteiger partial charge in [-0.3, -0.25) is 0 Å². The second kappa shape index (κ2) is 9.38. The fourth-order valence-electron chi connectivity index (χ4n) is 4.34. The van der Waals surface area contributed by atoms with Gasteiger partial charge in [-0.2, -0.15) is 10.2 Å². The zero-order chi connectivity index (χ0) is 21.8. The van der Waals surface area contributed by atoms with E-state index in [9.17, 15) is 13.7 Å². The number of sulfonamides is 1. The van der Waals surface area contributed by atoms with Crippen LogP contribution in [0.3, 0.4) is 0 Å². The number of hydrogen-bond acceptors (Lipinski definition) is 8. The van der Waals surface area contributed by atoms with Gasteiger partial charge in [0, 0.05) is 37.9 Å². The number of aromatic nitrogens is 3. The van der Waals surface area contributed by atoms with E-state index in [1.54, 1.807) is 16.8 Å². The molecule has 0 atom stereocenters. The molecule has 0 spiro atoms. The smallest absolute Gasteiger partial charge is 0.245 e. The highest BCUT2D eigenvalue weighted by molar-refractivity contribution is 7.89. The predicted molar refractivity (Wildman–Crippen MR) is 120 cm³/mol. The van der Waals surface area contributed by atoms with E-state index in [1.807, 2.05) is 7.05 Å². The number of nitrogens with zero attached hydrogens (tertiary/aromatic N) is 5. The topological polar surface area (TPSA) is 127 Å². The van der Waals surface area contributed by atoms with Gasteiger partial charge in [0.1, 0.15) is 11.6 Å². The first kappa shape index (κ1) is 21.8. The van der Waals surface area contributed by atoms with Crippen LogP contribution < -0.4 is 20.3 Å². The maximum atomic E-state index is 12.4. The van der Waals surface area contributed by atoms with Crippen molar-refractivity contribution in [2.24, 2.45) is 0 Å². The zero-order valence-electron chi connectivity index (χ0n) is 17.8. The summed E-state index contributed by atoms with van der Waals surface area (Å²) in [6.07, 6.45) is 7.65. The van der Waals surface area contributed by atoms with Gasteiger partial charge in [-0.25, -0.2) is 17.7 Å². The molecule has 4 rings (SSSR count). The van der Waals surface area contributed by atoms with Crippen LogP contribution in [0.5, 0.6) is 0 Å². The van der Waals surface area contributed by atoms with Crippen molar-refractivity contribution in [1.82, 2.24) is 24.6 Å². The molecule has 2 aliphatic rings. The highest BCUT2D eigenvalue weighted by Crippen LogP contribution is 2.23. The molecule has 10 nitrogen and oxygen atoms in total. The Balaban J connectivity index is 1.49. The van der Waals surface area contributed by atoms with E-state index in [4.69, 9.17) is 0 Å². The molecule has 1 aliphatic heterocycles. The van der Waals surface area contributed by atoms with Crippen molar-refractivity contribution in [1.29, 1.82) is 5.26 Å². The minimum Gasteiger partial charge on any atom is -0.367 e. The van der Waals surface area contributed by atoms with Crippen LogP contribution in [0.4, 0.5) is 11.8 Å². The summed E-state index contributed by atoms with van der Waals surface area (Å²) in [5, 5.41) is 20.4. The second-order valence-electron chi connectivity index (χ2n) is 8.33. The summed E-state index contributed by atoms with van der Waals surface area (Å²) >= 11 is 0. The summed E-state index contributed by atoms with van der Waals surface area (Å²) in [5.41, 5.74) is 1.14. The van der Waals surface area contributed by atoms with Crippen LogP contribution in [0.15, 0.2) is 12.3 Å². The maximum Gasteiger partial charge on any atom is 0.245 e. The number of nitrogens with one attached hydrogen (secondary N) is 3. The Kier molecular flexibility index (Phi) is 6.60. The molecule has 0 bridgehead atoms. The molecule has 0 unspecified atom stereocenters. The molecule has 2 aromatic rings. The van der Waals surface area contributed by atoms with Gasteiger partial charge < -0.3 is 15.5 Å². The lowest BCUT2D eigenvalue weighted by Crippen LogP contribution is -2.42. The zero-order valence-corrected chi connectivity index (χ0v) is 18.7. The van der Waals surface area contributed by atoms with Gasteiger partial charge in [0.15, 0.2) is 5.82 Å². The molecule has 0 radical (unpaired) electrons. The molecule has 1 saturated heterocycles. The first-order chi connectivity index (χ1) is 15.0. The maximum absolute atomic E-state index is 12.4. The van der Waals surface area contributed by atoms with Crippen LogP contribution >= 0.6 is 0 Å². The fourth-order valence-corrected chi connectivity index (χ4v) is 5.57. The van der Waals surface area contributed by atoms with Gasteiger partial charge in [0.25, 0.3) is 0 Å². The molecule has 2 aromatic heterocycles. The number of nitriles is 1. The van der Waals surface area contributed by atoms with E-state index < -0.39 is 10.0 Å². The minimum absolute atomic E-state index is 0.0334. The highest BCUT2D eigenvalue weighted by Gasteiger charge is 2.23. The Morgan fingerprint density at radius 1 is 1.19 bits per heavy atom. The Bertz CT molecular complexity index is 1050. The van der Waals surface area contributed by atoms with Gasteiger partial charge >= 0.3 is 0 Å². The Hall–Kier alpha value is -2.42. The standard InChI is InChI=1S/C20H30N8O2S/c1-22-16-6-9-27(10-7-16)20-24-19(18-12-15(13-21)14-28(18)25-20)23-8-11-31(29,30)26-17-4-2-3-5-17/h12,14,16-17,22,26H,2-11H2,1H3,(H,23,24,25). The summed E-state index contributed by atoms with van der Waals surface area (Å²) in [5.74, 6) is 1.09. The van der Waals surface area contributed by atoms with Crippen molar-refractivity contribution in [3.05, 3.63) is 17.8 Å². The molecule has 2 fully saturated rings. The normalized spacial score (nSPS) is 18.5. The van der Waals surface area contributed by atoms with E-state index in [0.29, 0.717) is 28.9 Å². The summed E-state index contributed by atoms with van der Waals surface area (Å²) in [4.78, 5) is 6.81. The number of anilines is 2. The van der Waals surface area contributed by atoms with Crippen LogP contribution in [-0.4, -0.2) is 67.5 Å². The lowest BCUT2D eigenvalue weighted by molar-refractivity contribution is 0.438. The number of fused-ring (bicyclic) bond motifs is 1. The summed E-state index contributed by atoms with van der Waals surface area (Å²) in [7, 11) is -1.38. The van der Waals surface area contributed by atoms with E-state index >= 15 is 0 Å². The van der Waals surface area contributed by atoms with E-state index in [-0.39, 0.29) is 18.3 Å². The predicted octanol–water partition coefficient (Wildman–Crippen LogP) is 1.06. The Morgan fingerprint density at radius 3 is 2.61 bits per heavy atom. The van der Waals surface area contributed by atoms with Gasteiger partial charge in [-0.15, -0.1) is 5.10 Å². The fraction of sp³-hybridized carbons (Fsp3) is 0.650. The van der Waals surface area contributed by atoms with Crippen LogP contribution in [0, 0.1) is 11.3 Å². The molecule has 168 valence electrons. The average molecular weight is 447 g/mol. The molecule has 0 amide bonds. The van der Waals surface area contributed by atoms with Crippen molar-refractivity contribution in [3.8, 4) is 6.07 Å². The van der Waals surface area contributed by atoms with Gasteiger partial charge in [-0.1, -0.05) is 12.8 Å². The Labute approximate surface area is 183 Å². The van der Waals surface area contributed by atoms with Crippen molar-refractivity contribution in [2.75, 3.05) is 42.7 Å². The monoisotopic (exact) mass is 446 g/mol. The van der Waals surface area contributed by atoms with Crippen molar-refractivity contribution in [2.45, 2.75) is 50.6 Å². The third-order valence-electron chi connectivity index (χ3n) is 6.13. The van der Waals surface area contributed by atoms with Crippen LogP contribution in [0.25, 0.3) is 5.52 Å². The lowest BCUT2D eigenvalue weighted by atomic mass is 10.1. The van der Waals surface area contributed by atoms with Crippen molar-refractivity contribution in [3.63, 3.8) is 0 Å². The molecule has 3 N–H and O–H groups in total. The molecular formula is C20H30N8O2S. The van der Waals surface area contributed by atoms with Crippen molar-refractivity contribution >= 4 is 27.3 Å². The van der Waals surface area contributed by atoms with E-state index in [2.05, 4.69) is 36.4 Å². The molecule has 1 aliphatic carbocycles. The van der Waals surface area contributed by atoms with Gasteiger partial charge in [0.2, 0.25) is 16.0 Å². The van der Waals surface area contributed by atoms with E-state index in [0.717, 1.165) is 51.6 Å². The van der Waals surface area contributed by atoms with Crippen molar-refractivity contribution < 1.29 is 8.42 Å². The minimum atomic E-state index is -3.36. The first-order valence-corrected chi connectivity index (χ1v) is 12.6. The second-order valence-corrected chi connectivity index (χ2v) is 10.2. The molecule has 3 heterocycles.